The Kier molecular flexibility index (Phi) is 5.71. The molecule has 0 bridgehead atoms. The highest BCUT2D eigenvalue weighted by Gasteiger charge is 2.49. The smallest absolute Gasteiger partial charge is 0.159 e. The van der Waals surface area contributed by atoms with E-state index >= 15 is 0 Å². The van der Waals surface area contributed by atoms with Crippen LogP contribution in [0.25, 0.3) is 0 Å². The molecule has 2 aliphatic heterocycles. The summed E-state index contributed by atoms with van der Waals surface area (Å²) in [6, 6.07) is 8.07. The fraction of sp³-hybridized carbons (Fsp3) is 0.526. The molecule has 5 nitrogen and oxygen atoms in total. The first-order valence-corrected chi connectivity index (χ1v) is 9.36. The van der Waals surface area contributed by atoms with E-state index in [-0.39, 0.29) is 29.6 Å². The quantitative estimate of drug-likeness (QED) is 0.815. The number of aliphatic imine (C=N–C) groups is 1. The molecule has 1 aromatic carbocycles. The van der Waals surface area contributed by atoms with Crippen molar-refractivity contribution < 1.29 is 14.2 Å². The molecule has 5 atom stereocenters. The van der Waals surface area contributed by atoms with Crippen LogP contribution in [0.4, 0.5) is 0 Å². The van der Waals surface area contributed by atoms with Crippen molar-refractivity contribution in [3.8, 4) is 5.75 Å². The van der Waals surface area contributed by atoms with Crippen LogP contribution in [0.2, 0.25) is 0 Å². The Labute approximate surface area is 153 Å². The van der Waals surface area contributed by atoms with Crippen molar-refractivity contribution in [1.82, 2.24) is 5.32 Å². The third-order valence-corrected chi connectivity index (χ3v) is 5.89. The number of methoxy groups -OCH3 is 1. The molecule has 0 radical (unpaired) electrons. The maximum Gasteiger partial charge on any atom is 0.159 e. The minimum Gasteiger partial charge on any atom is -0.497 e. The largest absolute Gasteiger partial charge is 0.497 e. The van der Waals surface area contributed by atoms with Crippen LogP contribution in [0, 0.1) is 5.92 Å². The van der Waals surface area contributed by atoms with Gasteiger partial charge in [0.15, 0.2) is 5.17 Å². The molecular weight excluding hydrogens is 336 g/mol. The Hall–Kier alpha value is -1.50. The van der Waals surface area contributed by atoms with Gasteiger partial charge in [0.05, 0.1) is 32.0 Å². The Morgan fingerprint density at radius 2 is 2.08 bits per heavy atom. The summed E-state index contributed by atoms with van der Waals surface area (Å²) in [6.07, 6.45) is 0.0157. The molecule has 1 aromatic rings. The van der Waals surface area contributed by atoms with Gasteiger partial charge in [-0.1, -0.05) is 43.0 Å². The van der Waals surface area contributed by atoms with E-state index in [4.69, 9.17) is 14.2 Å². The summed E-state index contributed by atoms with van der Waals surface area (Å²) >= 11 is 1.63. The third kappa shape index (κ3) is 3.86. The minimum absolute atomic E-state index is 0.00235. The van der Waals surface area contributed by atoms with Crippen LogP contribution in [-0.4, -0.2) is 43.0 Å². The average molecular weight is 362 g/mol. The normalized spacial score (nSPS) is 33.0. The summed E-state index contributed by atoms with van der Waals surface area (Å²) in [5.74, 6) is 1.06. The lowest BCUT2D eigenvalue weighted by molar-refractivity contribution is -0.128. The van der Waals surface area contributed by atoms with Gasteiger partial charge in [-0.3, -0.25) is 4.99 Å². The molecule has 0 amide bonds. The van der Waals surface area contributed by atoms with Crippen LogP contribution in [-0.2, 0) is 16.1 Å². The number of thioether (sulfide) groups is 1. The van der Waals surface area contributed by atoms with Crippen molar-refractivity contribution >= 4 is 16.9 Å². The molecule has 3 rings (SSSR count). The van der Waals surface area contributed by atoms with E-state index in [9.17, 15) is 0 Å². The summed E-state index contributed by atoms with van der Waals surface area (Å²) < 4.78 is 17.8. The van der Waals surface area contributed by atoms with Crippen molar-refractivity contribution in [2.24, 2.45) is 10.9 Å². The van der Waals surface area contributed by atoms with Gasteiger partial charge in [0.25, 0.3) is 0 Å². The summed E-state index contributed by atoms with van der Waals surface area (Å²) in [6.45, 7) is 8.84. The van der Waals surface area contributed by atoms with Crippen molar-refractivity contribution in [3.63, 3.8) is 0 Å². The highest BCUT2D eigenvalue weighted by molar-refractivity contribution is 8.14. The zero-order valence-corrected chi connectivity index (χ0v) is 16.0. The highest BCUT2D eigenvalue weighted by atomic mass is 32.2. The number of rotatable bonds is 5. The van der Waals surface area contributed by atoms with Gasteiger partial charge in [0.2, 0.25) is 0 Å². The summed E-state index contributed by atoms with van der Waals surface area (Å²) in [5.41, 5.74) is 2.15. The third-order valence-electron chi connectivity index (χ3n) is 4.73. The van der Waals surface area contributed by atoms with Gasteiger partial charge >= 0.3 is 0 Å². The molecule has 6 heteroatoms. The predicted octanol–water partition coefficient (Wildman–Crippen LogP) is 3.21. The number of nitrogens with zero attached hydrogens (tertiary/aromatic N) is 1. The number of hydrogen-bond donors (Lipinski definition) is 1. The molecule has 0 unspecified atom stereocenters. The maximum atomic E-state index is 6.35. The number of amidine groups is 1. The average Bonchev–Trinajstić information content (AvgIpc) is 3.03. The zero-order valence-electron chi connectivity index (χ0n) is 15.2. The molecule has 0 aromatic heterocycles. The summed E-state index contributed by atoms with van der Waals surface area (Å²) in [4.78, 5) is 4.28. The molecule has 2 saturated heterocycles. The number of nitrogens with one attached hydrogen (secondary N) is 1. The molecule has 2 heterocycles. The van der Waals surface area contributed by atoms with Crippen LogP contribution in [0.15, 0.2) is 41.4 Å². The Balaban J connectivity index is 1.74. The Morgan fingerprint density at radius 1 is 1.36 bits per heavy atom. The van der Waals surface area contributed by atoms with Crippen molar-refractivity contribution in [2.45, 2.75) is 44.1 Å². The molecule has 2 fully saturated rings. The van der Waals surface area contributed by atoms with Crippen LogP contribution < -0.4 is 10.1 Å². The lowest BCUT2D eigenvalue weighted by atomic mass is 9.87. The lowest BCUT2D eigenvalue weighted by Gasteiger charge is -2.42. The van der Waals surface area contributed by atoms with E-state index in [0.717, 1.165) is 22.1 Å². The van der Waals surface area contributed by atoms with E-state index in [1.807, 2.05) is 31.2 Å². The second kappa shape index (κ2) is 7.81. The monoisotopic (exact) mass is 362 g/mol. The minimum atomic E-state index is -0.00683. The van der Waals surface area contributed by atoms with Crippen molar-refractivity contribution in [2.75, 3.05) is 14.2 Å². The standard InChI is InChI=1S/C19H26N2O3S/c1-11(2)16-12(3)17(15-18(24-16)25-19(20-4)21-15)23-10-13-6-8-14(22-5)9-7-13/h6-9,12,15-18H,1,10H2,2-5H3,(H,20,21)/t12-,15-,16-,17+,18-/m1/s1. The van der Waals surface area contributed by atoms with Crippen molar-refractivity contribution in [3.05, 3.63) is 42.0 Å². The molecule has 0 spiro atoms. The van der Waals surface area contributed by atoms with Crippen LogP contribution in [0.5, 0.6) is 5.75 Å². The molecule has 25 heavy (non-hydrogen) atoms. The van der Waals surface area contributed by atoms with Gasteiger partial charge in [-0.25, -0.2) is 0 Å². The Morgan fingerprint density at radius 3 is 2.68 bits per heavy atom. The van der Waals surface area contributed by atoms with Gasteiger partial charge in [-0.05, 0) is 24.6 Å². The van der Waals surface area contributed by atoms with E-state index in [2.05, 4.69) is 23.8 Å². The number of hydrogen-bond acceptors (Lipinski definition) is 5. The second-order valence-corrected chi connectivity index (χ2v) is 7.66. The number of fused-ring (bicyclic) bond motifs is 1. The first-order valence-electron chi connectivity index (χ1n) is 8.49. The Bertz CT molecular complexity index is 647. The first-order chi connectivity index (χ1) is 12.0. The molecular formula is C19H26N2O3S. The van der Waals surface area contributed by atoms with E-state index < -0.39 is 0 Å². The van der Waals surface area contributed by atoms with Gasteiger partial charge < -0.3 is 19.5 Å². The zero-order chi connectivity index (χ0) is 18.0. The van der Waals surface area contributed by atoms with Crippen LogP contribution in [0.1, 0.15) is 19.4 Å². The van der Waals surface area contributed by atoms with Gasteiger partial charge in [-0.15, -0.1) is 0 Å². The van der Waals surface area contributed by atoms with Crippen LogP contribution in [0.3, 0.4) is 0 Å². The molecule has 0 saturated carbocycles. The van der Waals surface area contributed by atoms with Crippen molar-refractivity contribution in [1.29, 1.82) is 0 Å². The molecule has 2 aliphatic rings. The number of benzene rings is 1. The van der Waals surface area contributed by atoms with E-state index in [1.165, 1.54) is 0 Å². The fourth-order valence-electron chi connectivity index (χ4n) is 3.40. The molecule has 0 aliphatic carbocycles. The fourth-order valence-corrected chi connectivity index (χ4v) is 4.47. The summed E-state index contributed by atoms with van der Waals surface area (Å²) in [7, 11) is 3.46. The van der Waals surface area contributed by atoms with E-state index in [0.29, 0.717) is 6.61 Å². The maximum absolute atomic E-state index is 6.35. The predicted molar refractivity (Wildman–Crippen MR) is 102 cm³/mol. The first kappa shape index (κ1) is 18.3. The summed E-state index contributed by atoms with van der Waals surface area (Å²) in [5, 5.41) is 4.36. The second-order valence-electron chi connectivity index (χ2n) is 6.57. The van der Waals surface area contributed by atoms with Gasteiger partial charge in [0, 0.05) is 13.0 Å². The van der Waals surface area contributed by atoms with E-state index in [1.54, 1.807) is 25.9 Å². The molecule has 136 valence electrons. The lowest BCUT2D eigenvalue weighted by Crippen LogP contribution is -2.56. The number of ether oxygens (including phenoxy) is 3. The van der Waals surface area contributed by atoms with Gasteiger partial charge in [-0.2, -0.15) is 0 Å². The van der Waals surface area contributed by atoms with Crippen LogP contribution >= 0.6 is 11.8 Å². The molecule has 1 N–H and O–H groups in total. The highest BCUT2D eigenvalue weighted by Crippen LogP contribution is 2.39. The van der Waals surface area contributed by atoms with Gasteiger partial charge in [0.1, 0.15) is 11.2 Å². The topological polar surface area (TPSA) is 52.1 Å². The SMILES string of the molecule is C=C(C)[C@H]1O[C@@H]2SC(=NC)N[C@@H]2[C@@H](OCc2ccc(OC)cc2)[C@@H]1C.